The highest BCUT2D eigenvalue weighted by molar-refractivity contribution is 5.89. The zero-order valence-electron chi connectivity index (χ0n) is 7.69. The molecule has 1 fully saturated rings. The van der Waals surface area contributed by atoms with E-state index in [1.54, 1.807) is 0 Å². The molecule has 0 atom stereocenters. The largest absolute Gasteiger partial charge is 0.369 e. The third-order valence-corrected chi connectivity index (χ3v) is 2.77. The van der Waals surface area contributed by atoms with E-state index in [9.17, 15) is 18.0 Å². The standard InChI is InChI=1S/C10H8F3NO/c11-6-2-1-5(7(12)8(6)13)10(3-4-10)9(14)15/h1-2H,3-4H2,(H2,14,15). The number of benzene rings is 1. The zero-order chi connectivity index (χ0) is 11.2. The minimum atomic E-state index is -1.56. The van der Waals surface area contributed by atoms with Crippen LogP contribution >= 0.6 is 0 Å². The first kappa shape index (κ1) is 10.0. The van der Waals surface area contributed by atoms with Crippen molar-refractivity contribution in [3.63, 3.8) is 0 Å². The second-order valence-electron chi connectivity index (χ2n) is 3.67. The molecule has 2 nitrogen and oxygen atoms in total. The van der Waals surface area contributed by atoms with Gasteiger partial charge in [-0.1, -0.05) is 6.07 Å². The molecular weight excluding hydrogens is 207 g/mol. The first-order valence-corrected chi connectivity index (χ1v) is 4.43. The molecule has 1 aromatic carbocycles. The van der Waals surface area contributed by atoms with Crippen molar-refractivity contribution in [1.29, 1.82) is 0 Å². The lowest BCUT2D eigenvalue weighted by Crippen LogP contribution is -2.29. The van der Waals surface area contributed by atoms with E-state index in [4.69, 9.17) is 5.73 Å². The summed E-state index contributed by atoms with van der Waals surface area (Å²) in [4.78, 5) is 11.1. The molecule has 0 aliphatic heterocycles. The number of carbonyl (C=O) groups is 1. The van der Waals surface area contributed by atoms with E-state index in [2.05, 4.69) is 0 Å². The molecule has 0 aromatic heterocycles. The maximum Gasteiger partial charge on any atom is 0.228 e. The van der Waals surface area contributed by atoms with E-state index >= 15 is 0 Å². The van der Waals surface area contributed by atoms with Gasteiger partial charge >= 0.3 is 0 Å². The van der Waals surface area contributed by atoms with E-state index in [1.165, 1.54) is 0 Å². The first-order chi connectivity index (χ1) is 6.99. The highest BCUT2D eigenvalue weighted by atomic mass is 19.2. The Morgan fingerprint density at radius 1 is 1.20 bits per heavy atom. The highest BCUT2D eigenvalue weighted by Crippen LogP contribution is 2.49. The van der Waals surface area contributed by atoms with Crippen LogP contribution in [0.15, 0.2) is 12.1 Å². The number of primary amides is 1. The molecule has 0 radical (unpaired) electrons. The number of nitrogens with two attached hydrogens (primary N) is 1. The molecule has 1 aliphatic carbocycles. The van der Waals surface area contributed by atoms with Gasteiger partial charge in [0.05, 0.1) is 5.41 Å². The summed E-state index contributed by atoms with van der Waals surface area (Å²) < 4.78 is 38.9. The van der Waals surface area contributed by atoms with Gasteiger partial charge in [-0.3, -0.25) is 4.79 Å². The summed E-state index contributed by atoms with van der Waals surface area (Å²) >= 11 is 0. The summed E-state index contributed by atoms with van der Waals surface area (Å²) in [5, 5.41) is 0. The second kappa shape index (κ2) is 2.98. The van der Waals surface area contributed by atoms with Crippen molar-refractivity contribution in [2.24, 2.45) is 5.73 Å². The SMILES string of the molecule is NC(=O)C1(c2ccc(F)c(F)c2F)CC1. The fourth-order valence-corrected chi connectivity index (χ4v) is 1.67. The molecule has 0 bridgehead atoms. The van der Waals surface area contributed by atoms with Gasteiger partial charge in [0, 0.05) is 5.56 Å². The highest BCUT2D eigenvalue weighted by Gasteiger charge is 2.52. The molecule has 2 N–H and O–H groups in total. The Balaban J connectivity index is 2.55. The van der Waals surface area contributed by atoms with E-state index in [1.807, 2.05) is 0 Å². The summed E-state index contributed by atoms with van der Waals surface area (Å²) in [6, 6.07) is 1.88. The lowest BCUT2D eigenvalue weighted by Gasteiger charge is -2.12. The molecule has 0 saturated heterocycles. The van der Waals surface area contributed by atoms with Crippen molar-refractivity contribution < 1.29 is 18.0 Å². The number of halogens is 3. The summed E-state index contributed by atoms with van der Waals surface area (Å²) in [6.45, 7) is 0. The summed E-state index contributed by atoms with van der Waals surface area (Å²) in [7, 11) is 0. The Hall–Kier alpha value is -1.52. The molecule has 2 rings (SSSR count). The molecule has 15 heavy (non-hydrogen) atoms. The maximum atomic E-state index is 13.3. The van der Waals surface area contributed by atoms with Crippen LogP contribution in [0.25, 0.3) is 0 Å². The van der Waals surface area contributed by atoms with Gasteiger partial charge in [-0.2, -0.15) is 0 Å². The topological polar surface area (TPSA) is 43.1 Å². The monoisotopic (exact) mass is 215 g/mol. The van der Waals surface area contributed by atoms with Crippen molar-refractivity contribution in [2.45, 2.75) is 18.3 Å². The second-order valence-corrected chi connectivity index (χ2v) is 3.67. The molecule has 0 spiro atoms. The summed E-state index contributed by atoms with van der Waals surface area (Å²) in [5.74, 6) is -4.84. The van der Waals surface area contributed by atoms with Gasteiger partial charge in [-0.05, 0) is 18.9 Å². The molecule has 5 heteroatoms. The van der Waals surface area contributed by atoms with Crippen LogP contribution < -0.4 is 5.73 Å². The minimum absolute atomic E-state index is 0.145. The Morgan fingerprint density at radius 2 is 1.80 bits per heavy atom. The van der Waals surface area contributed by atoms with E-state index in [0.29, 0.717) is 12.8 Å². The molecule has 0 heterocycles. The van der Waals surface area contributed by atoms with Crippen molar-refractivity contribution >= 4 is 5.91 Å². The van der Waals surface area contributed by atoms with Crippen molar-refractivity contribution in [3.05, 3.63) is 35.1 Å². The molecule has 1 amide bonds. The van der Waals surface area contributed by atoms with Crippen LogP contribution in [-0.4, -0.2) is 5.91 Å². The molecule has 1 aliphatic rings. The van der Waals surface area contributed by atoms with Crippen molar-refractivity contribution in [3.8, 4) is 0 Å². The van der Waals surface area contributed by atoms with Crippen LogP contribution in [-0.2, 0) is 10.2 Å². The zero-order valence-corrected chi connectivity index (χ0v) is 7.69. The van der Waals surface area contributed by atoms with Crippen LogP contribution in [0.5, 0.6) is 0 Å². The van der Waals surface area contributed by atoms with Gasteiger partial charge in [0.2, 0.25) is 5.91 Å². The van der Waals surface area contributed by atoms with Gasteiger partial charge in [0.15, 0.2) is 17.5 Å². The Kier molecular flexibility index (Phi) is 1.99. The van der Waals surface area contributed by atoms with Crippen LogP contribution in [0.2, 0.25) is 0 Å². The average molecular weight is 215 g/mol. The molecular formula is C10H8F3NO. The van der Waals surface area contributed by atoms with Crippen molar-refractivity contribution in [1.82, 2.24) is 0 Å². The van der Waals surface area contributed by atoms with E-state index < -0.39 is 28.8 Å². The van der Waals surface area contributed by atoms with E-state index in [0.717, 1.165) is 12.1 Å². The number of hydrogen-bond donors (Lipinski definition) is 1. The first-order valence-electron chi connectivity index (χ1n) is 4.43. The lowest BCUT2D eigenvalue weighted by atomic mass is 9.94. The summed E-state index contributed by atoms with van der Waals surface area (Å²) in [6.07, 6.45) is 0.759. The smallest absolute Gasteiger partial charge is 0.228 e. The van der Waals surface area contributed by atoms with Gasteiger partial charge in [-0.15, -0.1) is 0 Å². The number of rotatable bonds is 2. The minimum Gasteiger partial charge on any atom is -0.369 e. The van der Waals surface area contributed by atoms with Crippen LogP contribution in [0, 0.1) is 17.5 Å². The quantitative estimate of drug-likeness (QED) is 0.748. The Labute approximate surface area is 83.9 Å². The van der Waals surface area contributed by atoms with Crippen LogP contribution in [0.1, 0.15) is 18.4 Å². The fraction of sp³-hybridized carbons (Fsp3) is 0.300. The van der Waals surface area contributed by atoms with Crippen molar-refractivity contribution in [2.75, 3.05) is 0 Å². The van der Waals surface area contributed by atoms with Crippen LogP contribution in [0.3, 0.4) is 0 Å². The van der Waals surface area contributed by atoms with Gasteiger partial charge in [-0.25, -0.2) is 13.2 Å². The number of amides is 1. The molecule has 1 aromatic rings. The predicted molar refractivity (Wildman–Crippen MR) is 46.4 cm³/mol. The third-order valence-electron chi connectivity index (χ3n) is 2.77. The molecule has 80 valence electrons. The Bertz CT molecular complexity index is 441. The predicted octanol–water partition coefficient (Wildman–Crippen LogP) is 1.62. The normalized spacial score (nSPS) is 17.5. The average Bonchev–Trinajstić information content (AvgIpc) is 2.95. The van der Waals surface area contributed by atoms with Crippen LogP contribution in [0.4, 0.5) is 13.2 Å². The fourth-order valence-electron chi connectivity index (χ4n) is 1.67. The maximum absolute atomic E-state index is 13.3. The molecule has 0 unspecified atom stereocenters. The Morgan fingerprint density at radius 3 is 2.27 bits per heavy atom. The third kappa shape index (κ3) is 1.30. The van der Waals surface area contributed by atoms with Gasteiger partial charge < -0.3 is 5.73 Å². The van der Waals surface area contributed by atoms with Gasteiger partial charge in [0.1, 0.15) is 0 Å². The van der Waals surface area contributed by atoms with E-state index in [-0.39, 0.29) is 5.56 Å². The summed E-state index contributed by atoms with van der Waals surface area (Å²) in [5.41, 5.74) is 3.83. The van der Waals surface area contributed by atoms with Gasteiger partial charge in [0.25, 0.3) is 0 Å². The molecule has 1 saturated carbocycles. The number of carbonyl (C=O) groups excluding carboxylic acids is 1. The lowest BCUT2D eigenvalue weighted by molar-refractivity contribution is -0.120. The number of hydrogen-bond acceptors (Lipinski definition) is 1.